The number of hydrogen-bond acceptors (Lipinski definition) is 3. The highest BCUT2D eigenvalue weighted by Crippen LogP contribution is 2.30. The summed E-state index contributed by atoms with van der Waals surface area (Å²) < 4.78 is 5.76. The van der Waals surface area contributed by atoms with E-state index in [2.05, 4.69) is 5.32 Å². The van der Waals surface area contributed by atoms with E-state index in [1.165, 1.54) is 0 Å². The third-order valence-corrected chi connectivity index (χ3v) is 4.36. The lowest BCUT2D eigenvalue weighted by atomic mass is 10.2. The molecule has 1 N–H and O–H groups in total. The van der Waals surface area contributed by atoms with Crippen molar-refractivity contribution in [3.8, 4) is 11.3 Å². The second kappa shape index (κ2) is 6.55. The molecule has 0 aliphatic carbocycles. The minimum absolute atomic E-state index is 0.0453. The molecule has 1 atom stereocenters. The highest BCUT2D eigenvalue weighted by molar-refractivity contribution is 6.33. The number of amides is 1. The van der Waals surface area contributed by atoms with E-state index in [4.69, 9.17) is 16.0 Å². The summed E-state index contributed by atoms with van der Waals surface area (Å²) in [7, 11) is 1.91. The van der Waals surface area contributed by atoms with Crippen LogP contribution in [0.25, 0.3) is 11.3 Å². The van der Waals surface area contributed by atoms with Crippen molar-refractivity contribution in [3.63, 3.8) is 0 Å². The molecule has 1 saturated heterocycles. The molecule has 1 amide bonds. The maximum Gasteiger partial charge on any atom is 0.289 e. The predicted octanol–water partition coefficient (Wildman–Crippen LogP) is 3.42. The molecule has 1 unspecified atom stereocenters. The summed E-state index contributed by atoms with van der Waals surface area (Å²) >= 11 is 6.18. The first-order valence-corrected chi connectivity index (χ1v) is 7.89. The molecule has 0 bridgehead atoms. The molecular formula is C17H19ClN2O2. The fraction of sp³-hybridized carbons (Fsp3) is 0.353. The quantitative estimate of drug-likeness (QED) is 0.939. The highest BCUT2D eigenvalue weighted by Gasteiger charge is 2.30. The van der Waals surface area contributed by atoms with Gasteiger partial charge in [0.1, 0.15) is 5.76 Å². The lowest BCUT2D eigenvalue weighted by molar-refractivity contribution is 0.0705. The number of rotatable bonds is 4. The molecule has 22 heavy (non-hydrogen) atoms. The van der Waals surface area contributed by atoms with Crippen LogP contribution in [0.15, 0.2) is 40.8 Å². The van der Waals surface area contributed by atoms with Crippen LogP contribution in [0.5, 0.6) is 0 Å². The molecule has 1 aromatic carbocycles. The zero-order valence-electron chi connectivity index (χ0n) is 12.5. The van der Waals surface area contributed by atoms with Gasteiger partial charge in [-0.1, -0.05) is 23.7 Å². The van der Waals surface area contributed by atoms with Crippen molar-refractivity contribution in [3.05, 3.63) is 47.2 Å². The molecule has 0 radical (unpaired) electrons. The molecule has 3 rings (SSSR count). The maximum absolute atomic E-state index is 12.6. The summed E-state index contributed by atoms with van der Waals surface area (Å²) in [6.45, 7) is 1.59. The molecule has 1 fully saturated rings. The van der Waals surface area contributed by atoms with Crippen LogP contribution in [0, 0.1) is 0 Å². The maximum atomic E-state index is 12.6. The van der Waals surface area contributed by atoms with E-state index < -0.39 is 0 Å². The summed E-state index contributed by atoms with van der Waals surface area (Å²) in [5, 5.41) is 3.76. The van der Waals surface area contributed by atoms with Crippen molar-refractivity contribution in [1.29, 1.82) is 0 Å². The number of likely N-dealkylation sites (tertiary alicyclic amines) is 1. The van der Waals surface area contributed by atoms with Gasteiger partial charge in [-0.05, 0) is 44.2 Å². The minimum atomic E-state index is -0.0453. The first kappa shape index (κ1) is 15.1. The molecule has 116 valence electrons. The largest absolute Gasteiger partial charge is 0.451 e. The summed E-state index contributed by atoms with van der Waals surface area (Å²) in [5.41, 5.74) is 0.802. The van der Waals surface area contributed by atoms with E-state index in [1.54, 1.807) is 12.1 Å². The fourth-order valence-electron chi connectivity index (χ4n) is 2.95. The Labute approximate surface area is 135 Å². The van der Waals surface area contributed by atoms with Gasteiger partial charge in [-0.3, -0.25) is 4.79 Å². The molecule has 2 heterocycles. The Bertz CT molecular complexity index is 668. The smallest absolute Gasteiger partial charge is 0.289 e. The summed E-state index contributed by atoms with van der Waals surface area (Å²) in [6, 6.07) is 11.2. The van der Waals surface area contributed by atoms with Gasteiger partial charge in [0.05, 0.1) is 5.02 Å². The lowest BCUT2D eigenvalue weighted by Gasteiger charge is -2.23. The molecule has 0 spiro atoms. The molecule has 1 aliphatic rings. The Kier molecular flexibility index (Phi) is 4.50. The van der Waals surface area contributed by atoms with E-state index in [0.29, 0.717) is 16.5 Å². The number of nitrogens with zero attached hydrogens (tertiary/aromatic N) is 1. The Morgan fingerprint density at radius 1 is 1.36 bits per heavy atom. The first-order valence-electron chi connectivity index (χ1n) is 7.51. The van der Waals surface area contributed by atoms with Crippen molar-refractivity contribution >= 4 is 17.5 Å². The van der Waals surface area contributed by atoms with Crippen LogP contribution in [0.2, 0.25) is 5.02 Å². The molecule has 5 heteroatoms. The van der Waals surface area contributed by atoms with Gasteiger partial charge in [-0.15, -0.1) is 0 Å². The predicted molar refractivity (Wildman–Crippen MR) is 87.1 cm³/mol. The third kappa shape index (κ3) is 2.89. The van der Waals surface area contributed by atoms with Crippen LogP contribution in [0.3, 0.4) is 0 Å². The zero-order chi connectivity index (χ0) is 15.5. The fourth-order valence-corrected chi connectivity index (χ4v) is 3.18. The minimum Gasteiger partial charge on any atom is -0.451 e. The Hall–Kier alpha value is -1.78. The van der Waals surface area contributed by atoms with E-state index in [-0.39, 0.29) is 11.9 Å². The summed E-state index contributed by atoms with van der Waals surface area (Å²) in [6.07, 6.45) is 2.07. The van der Waals surface area contributed by atoms with Gasteiger partial charge in [0.2, 0.25) is 0 Å². The Morgan fingerprint density at radius 3 is 2.95 bits per heavy atom. The SMILES string of the molecule is CNCC1CCCN1C(=O)c1ccc(-c2ccccc2Cl)o1. The zero-order valence-corrected chi connectivity index (χ0v) is 13.3. The van der Waals surface area contributed by atoms with Gasteiger partial charge in [-0.2, -0.15) is 0 Å². The number of carbonyl (C=O) groups is 1. The van der Waals surface area contributed by atoms with E-state index >= 15 is 0 Å². The van der Waals surface area contributed by atoms with Crippen LogP contribution in [-0.2, 0) is 0 Å². The molecule has 4 nitrogen and oxygen atoms in total. The normalized spacial score (nSPS) is 17.9. The molecule has 1 aliphatic heterocycles. The van der Waals surface area contributed by atoms with Crippen LogP contribution in [0.4, 0.5) is 0 Å². The van der Waals surface area contributed by atoms with Crippen LogP contribution < -0.4 is 5.32 Å². The first-order chi connectivity index (χ1) is 10.7. The number of benzene rings is 1. The molecule has 1 aromatic heterocycles. The van der Waals surface area contributed by atoms with Crippen molar-refractivity contribution in [2.24, 2.45) is 0 Å². The monoisotopic (exact) mass is 318 g/mol. The van der Waals surface area contributed by atoms with Gasteiger partial charge < -0.3 is 14.6 Å². The van der Waals surface area contributed by atoms with E-state index in [9.17, 15) is 4.79 Å². The second-order valence-electron chi connectivity index (χ2n) is 5.50. The average molecular weight is 319 g/mol. The lowest BCUT2D eigenvalue weighted by Crippen LogP contribution is -2.40. The average Bonchev–Trinajstić information content (AvgIpc) is 3.17. The van der Waals surface area contributed by atoms with Gasteiger partial charge in [0, 0.05) is 24.7 Å². The number of hydrogen-bond donors (Lipinski definition) is 1. The van der Waals surface area contributed by atoms with Crippen LogP contribution in [0.1, 0.15) is 23.4 Å². The summed E-state index contributed by atoms with van der Waals surface area (Å²) in [4.78, 5) is 14.5. The molecular weight excluding hydrogens is 300 g/mol. The summed E-state index contributed by atoms with van der Waals surface area (Å²) in [5.74, 6) is 0.951. The molecule has 2 aromatic rings. The Balaban J connectivity index is 1.82. The van der Waals surface area contributed by atoms with Crippen LogP contribution >= 0.6 is 11.6 Å². The number of halogens is 1. The third-order valence-electron chi connectivity index (χ3n) is 4.03. The second-order valence-corrected chi connectivity index (χ2v) is 5.90. The number of nitrogens with one attached hydrogen (secondary N) is 1. The number of carbonyl (C=O) groups excluding carboxylic acids is 1. The number of likely N-dealkylation sites (N-methyl/N-ethyl adjacent to an activating group) is 1. The van der Waals surface area contributed by atoms with E-state index in [0.717, 1.165) is 31.5 Å². The number of furan rings is 1. The van der Waals surface area contributed by atoms with Gasteiger partial charge in [0.15, 0.2) is 5.76 Å². The van der Waals surface area contributed by atoms with Crippen molar-refractivity contribution in [2.45, 2.75) is 18.9 Å². The van der Waals surface area contributed by atoms with Crippen molar-refractivity contribution < 1.29 is 9.21 Å². The van der Waals surface area contributed by atoms with Gasteiger partial charge >= 0.3 is 0 Å². The van der Waals surface area contributed by atoms with Crippen LogP contribution in [-0.4, -0.2) is 37.0 Å². The molecule has 0 saturated carbocycles. The standard InChI is InChI=1S/C17H19ClN2O2/c1-19-11-12-5-4-10-20(12)17(21)16-9-8-15(22-16)13-6-2-3-7-14(13)18/h2-3,6-9,12,19H,4-5,10-11H2,1H3. The van der Waals surface area contributed by atoms with Crippen molar-refractivity contribution in [2.75, 3.05) is 20.1 Å². The topological polar surface area (TPSA) is 45.5 Å². The Morgan fingerprint density at radius 2 is 2.18 bits per heavy atom. The van der Waals surface area contributed by atoms with Gasteiger partial charge in [-0.25, -0.2) is 0 Å². The van der Waals surface area contributed by atoms with E-state index in [1.807, 2.05) is 36.2 Å². The highest BCUT2D eigenvalue weighted by atomic mass is 35.5. The van der Waals surface area contributed by atoms with Crippen molar-refractivity contribution in [1.82, 2.24) is 10.2 Å². The van der Waals surface area contributed by atoms with Gasteiger partial charge in [0.25, 0.3) is 5.91 Å².